The molecule has 0 fully saturated rings. The van der Waals surface area contributed by atoms with Gasteiger partial charge in [0.2, 0.25) is 0 Å². The van der Waals surface area contributed by atoms with Gasteiger partial charge in [0.1, 0.15) is 0 Å². The number of ketones is 1. The van der Waals surface area contributed by atoms with Crippen molar-refractivity contribution in [1.29, 1.82) is 0 Å². The molecule has 1 aromatic heterocycles. The smallest absolute Gasteiger partial charge is 0.186 e. The minimum absolute atomic E-state index is 0.0279. The minimum Gasteiger partial charge on any atom is -0.292 e. The topological polar surface area (TPSA) is 34.1 Å². The maximum absolute atomic E-state index is 12.2. The van der Waals surface area contributed by atoms with Gasteiger partial charge >= 0.3 is 0 Å². The number of thiophene rings is 1. The lowest BCUT2D eigenvalue weighted by Crippen LogP contribution is -2.10. The number of halogens is 1. The number of hydrogen-bond donors (Lipinski definition) is 0. The van der Waals surface area contributed by atoms with Crippen molar-refractivity contribution in [3.05, 3.63) is 50.6 Å². The van der Waals surface area contributed by atoms with Crippen molar-refractivity contribution in [3.63, 3.8) is 0 Å². The summed E-state index contributed by atoms with van der Waals surface area (Å²) in [5.74, 6) is 0.388. The molecule has 0 aliphatic rings. The van der Waals surface area contributed by atoms with E-state index in [1.807, 2.05) is 35.7 Å². The molecule has 0 saturated heterocycles. The molecule has 0 amide bonds. The Morgan fingerprint density at radius 2 is 1.90 bits per heavy atom. The Morgan fingerprint density at radius 1 is 1.25 bits per heavy atom. The lowest BCUT2D eigenvalue weighted by atomic mass is 10.0. The second kappa shape index (κ2) is 6.78. The summed E-state index contributed by atoms with van der Waals surface area (Å²) >= 11 is 4.70. The van der Waals surface area contributed by atoms with Crippen LogP contribution in [-0.2, 0) is 10.8 Å². The lowest BCUT2D eigenvalue weighted by molar-refractivity contribution is 0.102. The maximum Gasteiger partial charge on any atom is 0.186 e. The largest absolute Gasteiger partial charge is 0.292 e. The highest BCUT2D eigenvalue weighted by Gasteiger charge is 2.16. The van der Waals surface area contributed by atoms with Crippen molar-refractivity contribution in [3.8, 4) is 0 Å². The molecule has 1 heterocycles. The average molecular weight is 371 g/mol. The molecule has 0 aliphatic carbocycles. The number of benzene rings is 1. The van der Waals surface area contributed by atoms with Gasteiger partial charge in [-0.3, -0.25) is 9.00 Å². The van der Waals surface area contributed by atoms with E-state index < -0.39 is 10.8 Å². The molecule has 2 aromatic rings. The van der Waals surface area contributed by atoms with Gasteiger partial charge in [0.25, 0.3) is 0 Å². The monoisotopic (exact) mass is 370 g/mol. The summed E-state index contributed by atoms with van der Waals surface area (Å²) in [5, 5.41) is 1.84. The third-order valence-electron chi connectivity index (χ3n) is 2.94. The summed E-state index contributed by atoms with van der Waals surface area (Å²) < 4.78 is 13.0. The van der Waals surface area contributed by atoms with E-state index in [1.54, 1.807) is 0 Å². The maximum atomic E-state index is 12.2. The lowest BCUT2D eigenvalue weighted by Gasteiger charge is -2.06. The summed E-state index contributed by atoms with van der Waals surface area (Å²) in [4.78, 5) is 13.4. The Labute approximate surface area is 133 Å². The van der Waals surface area contributed by atoms with Gasteiger partial charge in [-0.2, -0.15) is 0 Å². The SMILES string of the molecule is CC(C)c1ccc(S(=O)CC(=O)c2sccc2Br)cc1. The first-order valence-corrected chi connectivity index (χ1v) is 9.22. The number of rotatable bonds is 5. The highest BCUT2D eigenvalue weighted by atomic mass is 79.9. The summed E-state index contributed by atoms with van der Waals surface area (Å²) in [6.45, 7) is 4.23. The predicted octanol–water partition coefficient (Wildman–Crippen LogP) is 4.62. The standard InChI is InChI=1S/C15H15BrO2S2/c1-10(2)11-3-5-12(6-4-11)20(18)9-14(17)15-13(16)7-8-19-15/h3-8,10H,9H2,1-2H3. The predicted molar refractivity (Wildman–Crippen MR) is 88.2 cm³/mol. The molecule has 0 radical (unpaired) electrons. The summed E-state index contributed by atoms with van der Waals surface area (Å²) in [6.07, 6.45) is 0. The van der Waals surface area contributed by atoms with Crippen LogP contribution in [0, 0.1) is 0 Å². The molecule has 20 heavy (non-hydrogen) atoms. The van der Waals surface area contributed by atoms with Crippen molar-refractivity contribution in [2.45, 2.75) is 24.7 Å². The molecule has 1 aromatic carbocycles. The van der Waals surface area contributed by atoms with E-state index in [0.717, 1.165) is 4.47 Å². The normalized spacial score (nSPS) is 12.6. The van der Waals surface area contributed by atoms with E-state index in [4.69, 9.17) is 0 Å². The molecule has 0 saturated carbocycles. The van der Waals surface area contributed by atoms with Gasteiger partial charge in [-0.25, -0.2) is 0 Å². The van der Waals surface area contributed by atoms with Crippen molar-refractivity contribution >= 4 is 43.8 Å². The third-order valence-corrected chi connectivity index (χ3v) is 6.14. The average Bonchev–Trinajstić information content (AvgIpc) is 2.85. The molecule has 1 unspecified atom stereocenters. The van der Waals surface area contributed by atoms with Crippen LogP contribution in [0.4, 0.5) is 0 Å². The van der Waals surface area contributed by atoms with Crippen LogP contribution < -0.4 is 0 Å². The molecule has 106 valence electrons. The zero-order chi connectivity index (χ0) is 14.7. The number of carbonyl (C=O) groups is 1. The van der Waals surface area contributed by atoms with Crippen LogP contribution in [-0.4, -0.2) is 15.7 Å². The Balaban J connectivity index is 2.09. The van der Waals surface area contributed by atoms with E-state index in [-0.39, 0.29) is 11.5 Å². The zero-order valence-corrected chi connectivity index (χ0v) is 14.5. The quantitative estimate of drug-likeness (QED) is 0.719. The van der Waals surface area contributed by atoms with Crippen LogP contribution >= 0.6 is 27.3 Å². The Bertz CT molecular complexity index is 630. The molecule has 0 N–H and O–H groups in total. The van der Waals surface area contributed by atoms with Gasteiger partial charge in [0.05, 0.1) is 21.4 Å². The first-order chi connectivity index (χ1) is 9.49. The van der Waals surface area contributed by atoms with Crippen LogP contribution in [0.3, 0.4) is 0 Å². The first-order valence-electron chi connectivity index (χ1n) is 6.23. The van der Waals surface area contributed by atoms with Gasteiger partial charge in [-0.05, 0) is 51.0 Å². The number of carbonyl (C=O) groups excluding carboxylic acids is 1. The van der Waals surface area contributed by atoms with Crippen molar-refractivity contribution in [2.24, 2.45) is 0 Å². The Hall–Kier alpha value is -0.780. The summed E-state index contributed by atoms with van der Waals surface area (Å²) in [7, 11) is -1.29. The molecule has 2 rings (SSSR count). The number of Topliss-reactive ketones (excluding diaryl/α,β-unsaturated/α-hetero) is 1. The fraction of sp³-hybridized carbons (Fsp3) is 0.267. The minimum atomic E-state index is -1.29. The van der Waals surface area contributed by atoms with Crippen LogP contribution in [0.15, 0.2) is 45.1 Å². The van der Waals surface area contributed by atoms with Crippen molar-refractivity contribution in [2.75, 3.05) is 5.75 Å². The highest BCUT2D eigenvalue weighted by Crippen LogP contribution is 2.24. The summed E-state index contributed by atoms with van der Waals surface area (Å²) in [6, 6.07) is 9.48. The van der Waals surface area contributed by atoms with E-state index in [0.29, 0.717) is 15.7 Å². The molecular formula is C15H15BrO2S2. The number of hydrogen-bond acceptors (Lipinski definition) is 3. The van der Waals surface area contributed by atoms with E-state index in [1.165, 1.54) is 16.9 Å². The van der Waals surface area contributed by atoms with Gasteiger partial charge in [-0.15, -0.1) is 11.3 Å². The molecule has 0 aliphatic heterocycles. The van der Waals surface area contributed by atoms with Gasteiger partial charge in [-0.1, -0.05) is 26.0 Å². The molecule has 0 bridgehead atoms. The molecule has 0 spiro atoms. The Kier molecular flexibility index (Phi) is 5.29. The van der Waals surface area contributed by atoms with Gasteiger partial charge in [0, 0.05) is 9.37 Å². The fourth-order valence-electron chi connectivity index (χ4n) is 1.77. The molecule has 5 heteroatoms. The van der Waals surface area contributed by atoms with E-state index in [9.17, 15) is 9.00 Å². The second-order valence-electron chi connectivity index (χ2n) is 4.73. The van der Waals surface area contributed by atoms with Crippen molar-refractivity contribution < 1.29 is 9.00 Å². The Morgan fingerprint density at radius 3 is 2.40 bits per heavy atom. The van der Waals surface area contributed by atoms with Gasteiger partial charge in [0.15, 0.2) is 5.78 Å². The third kappa shape index (κ3) is 3.65. The second-order valence-corrected chi connectivity index (χ2v) is 7.96. The first kappa shape index (κ1) is 15.6. The van der Waals surface area contributed by atoms with E-state index >= 15 is 0 Å². The van der Waals surface area contributed by atoms with Crippen LogP contribution in [0.25, 0.3) is 0 Å². The van der Waals surface area contributed by atoms with Crippen LogP contribution in [0.1, 0.15) is 35.0 Å². The van der Waals surface area contributed by atoms with Crippen molar-refractivity contribution in [1.82, 2.24) is 0 Å². The fourth-order valence-corrected chi connectivity index (χ4v) is 4.38. The van der Waals surface area contributed by atoms with Crippen LogP contribution in [0.5, 0.6) is 0 Å². The molecule has 1 atom stereocenters. The highest BCUT2D eigenvalue weighted by molar-refractivity contribution is 9.10. The molecule has 2 nitrogen and oxygen atoms in total. The summed E-state index contributed by atoms with van der Waals surface area (Å²) in [5.41, 5.74) is 1.21. The van der Waals surface area contributed by atoms with E-state index in [2.05, 4.69) is 29.8 Å². The molecular weight excluding hydrogens is 356 g/mol. The zero-order valence-electron chi connectivity index (χ0n) is 11.3. The van der Waals surface area contributed by atoms with Gasteiger partial charge < -0.3 is 0 Å². The van der Waals surface area contributed by atoms with Crippen LogP contribution in [0.2, 0.25) is 0 Å².